The monoisotopic (exact) mass is 308 g/mol. The van der Waals surface area contributed by atoms with E-state index in [-0.39, 0.29) is 6.42 Å². The molecule has 0 unspecified atom stereocenters. The Bertz CT molecular complexity index is 337. The van der Waals surface area contributed by atoms with E-state index < -0.39 is 48.9 Å². The van der Waals surface area contributed by atoms with E-state index in [9.17, 15) is 30.0 Å². The van der Waals surface area contributed by atoms with Gasteiger partial charge >= 0.3 is 0 Å². The summed E-state index contributed by atoms with van der Waals surface area (Å²) in [4.78, 5) is 22.4. The van der Waals surface area contributed by atoms with Gasteiger partial charge in [0.2, 0.25) is 0 Å². The van der Waals surface area contributed by atoms with Crippen molar-refractivity contribution < 1.29 is 40.2 Å². The molecule has 0 fully saturated rings. The maximum Gasteiger partial charge on any atom is 0.252 e. The molecular formula is C12H22NO8-. The molecule has 9 heteroatoms. The van der Waals surface area contributed by atoms with Crippen molar-refractivity contribution in [1.29, 1.82) is 0 Å². The molecule has 0 rings (SSSR count). The van der Waals surface area contributed by atoms with Crippen LogP contribution in [0.5, 0.6) is 0 Å². The minimum absolute atomic E-state index is 0.0925. The Morgan fingerprint density at radius 3 is 2.14 bits per heavy atom. The minimum Gasteiger partial charge on any atom is -0.548 e. The average Bonchev–Trinajstić information content (AvgIpc) is 2.47. The van der Waals surface area contributed by atoms with Crippen LogP contribution in [0.3, 0.4) is 0 Å². The molecule has 21 heavy (non-hydrogen) atoms. The van der Waals surface area contributed by atoms with Crippen LogP contribution >= 0.6 is 0 Å². The number of carbonyl (C=O) groups excluding carboxylic acids is 2. The standard InChI is InChI=1S/C12H23NO8/c1-2-3-4-6(12(20)21)13-11(19)10(18)9(17)8(16)7(15)5-14/h6-10,14-18H,2-5H2,1H3,(H,13,19)(H,20,21)/p-1/t6-,7-,8-,9-,10+/m1/s1. The third kappa shape index (κ3) is 6.36. The third-order valence-electron chi connectivity index (χ3n) is 2.97. The molecule has 0 bridgehead atoms. The molecule has 0 heterocycles. The van der Waals surface area contributed by atoms with E-state index in [1.54, 1.807) is 0 Å². The number of amides is 1. The van der Waals surface area contributed by atoms with Crippen molar-refractivity contribution in [3.05, 3.63) is 0 Å². The molecule has 0 saturated heterocycles. The summed E-state index contributed by atoms with van der Waals surface area (Å²) in [6.45, 7) is 0.935. The van der Waals surface area contributed by atoms with Crippen LogP contribution in [0.25, 0.3) is 0 Å². The number of rotatable bonds is 10. The number of hydrogen-bond donors (Lipinski definition) is 6. The van der Waals surface area contributed by atoms with Crippen molar-refractivity contribution >= 4 is 11.9 Å². The first-order valence-electron chi connectivity index (χ1n) is 6.60. The summed E-state index contributed by atoms with van der Waals surface area (Å²) in [5, 5.41) is 58.9. The fourth-order valence-corrected chi connectivity index (χ4v) is 1.59. The summed E-state index contributed by atoms with van der Waals surface area (Å²) in [6.07, 6.45) is -6.68. The van der Waals surface area contributed by atoms with Crippen LogP contribution in [0.4, 0.5) is 0 Å². The van der Waals surface area contributed by atoms with Crippen LogP contribution in [0.1, 0.15) is 26.2 Å². The molecule has 1 amide bonds. The second-order valence-electron chi connectivity index (χ2n) is 4.70. The summed E-state index contributed by atoms with van der Waals surface area (Å²) in [7, 11) is 0. The van der Waals surface area contributed by atoms with Crippen molar-refractivity contribution in [3.63, 3.8) is 0 Å². The van der Waals surface area contributed by atoms with Gasteiger partial charge in [-0.2, -0.15) is 0 Å². The zero-order chi connectivity index (χ0) is 16.6. The summed E-state index contributed by atoms with van der Waals surface area (Å²) < 4.78 is 0. The number of aliphatic hydroxyl groups excluding tert-OH is 5. The maximum absolute atomic E-state index is 11.6. The van der Waals surface area contributed by atoms with E-state index in [1.165, 1.54) is 0 Å². The van der Waals surface area contributed by atoms with Gasteiger partial charge in [-0.1, -0.05) is 19.8 Å². The van der Waals surface area contributed by atoms with Gasteiger partial charge in [0, 0.05) is 0 Å². The van der Waals surface area contributed by atoms with Gasteiger partial charge in [0.15, 0.2) is 6.10 Å². The fourth-order valence-electron chi connectivity index (χ4n) is 1.59. The van der Waals surface area contributed by atoms with Crippen molar-refractivity contribution in [3.8, 4) is 0 Å². The molecule has 0 aliphatic carbocycles. The predicted molar refractivity (Wildman–Crippen MR) is 67.6 cm³/mol. The van der Waals surface area contributed by atoms with Gasteiger partial charge in [-0.05, 0) is 6.42 Å². The summed E-state index contributed by atoms with van der Waals surface area (Å²) in [5.74, 6) is -2.76. The average molecular weight is 308 g/mol. The molecule has 0 aromatic heterocycles. The normalized spacial score (nSPS) is 18.4. The third-order valence-corrected chi connectivity index (χ3v) is 2.97. The first-order valence-corrected chi connectivity index (χ1v) is 6.60. The van der Waals surface area contributed by atoms with Crippen LogP contribution in [-0.4, -0.2) is 74.5 Å². The summed E-state index contributed by atoms with van der Waals surface area (Å²) in [6, 6.07) is -1.33. The second kappa shape index (κ2) is 9.64. The molecule has 6 N–H and O–H groups in total. The van der Waals surface area contributed by atoms with E-state index >= 15 is 0 Å². The SMILES string of the molecule is CCCC[C@@H](NC(=O)[C@@H](O)[C@H](O)[C@H](O)[C@H](O)CO)C(=O)[O-]. The first kappa shape index (κ1) is 19.7. The van der Waals surface area contributed by atoms with Gasteiger partial charge in [0.1, 0.15) is 18.3 Å². The number of aliphatic carboxylic acids is 1. The number of hydrogen-bond acceptors (Lipinski definition) is 8. The lowest BCUT2D eigenvalue weighted by Gasteiger charge is -2.27. The van der Waals surface area contributed by atoms with Gasteiger partial charge in [-0.25, -0.2) is 0 Å². The Hall–Kier alpha value is -1.26. The molecule has 0 aliphatic heterocycles. The number of carboxylic acids is 1. The van der Waals surface area contributed by atoms with Crippen LogP contribution in [0.15, 0.2) is 0 Å². The van der Waals surface area contributed by atoms with Crippen LogP contribution in [0, 0.1) is 0 Å². The Morgan fingerprint density at radius 2 is 1.71 bits per heavy atom. The quantitative estimate of drug-likeness (QED) is 0.236. The maximum atomic E-state index is 11.6. The van der Waals surface area contributed by atoms with Crippen molar-refractivity contribution in [2.75, 3.05) is 6.61 Å². The number of aliphatic hydroxyl groups is 5. The van der Waals surface area contributed by atoms with E-state index in [4.69, 9.17) is 10.2 Å². The minimum atomic E-state index is -2.16. The lowest BCUT2D eigenvalue weighted by molar-refractivity contribution is -0.308. The fraction of sp³-hybridized carbons (Fsp3) is 0.833. The van der Waals surface area contributed by atoms with Crippen LogP contribution < -0.4 is 10.4 Å². The van der Waals surface area contributed by atoms with Gasteiger partial charge < -0.3 is 40.8 Å². The molecule has 0 radical (unpaired) electrons. The highest BCUT2D eigenvalue weighted by Crippen LogP contribution is 2.07. The molecule has 124 valence electrons. The Kier molecular flexibility index (Phi) is 9.06. The van der Waals surface area contributed by atoms with Crippen molar-refractivity contribution in [2.24, 2.45) is 0 Å². The lowest BCUT2D eigenvalue weighted by Crippen LogP contribution is -2.56. The smallest absolute Gasteiger partial charge is 0.252 e. The molecule has 5 atom stereocenters. The molecule has 0 aromatic rings. The van der Waals surface area contributed by atoms with E-state index in [0.29, 0.717) is 12.8 Å². The van der Waals surface area contributed by atoms with Gasteiger partial charge in [-0.3, -0.25) is 4.79 Å². The molecule has 9 nitrogen and oxygen atoms in total. The number of carboxylic acid groups (broad SMARTS) is 1. The predicted octanol–water partition coefficient (Wildman–Crippen LogP) is -4.15. The topological polar surface area (TPSA) is 170 Å². The zero-order valence-electron chi connectivity index (χ0n) is 11.7. The molecular weight excluding hydrogens is 286 g/mol. The van der Waals surface area contributed by atoms with E-state index in [2.05, 4.69) is 0 Å². The molecule has 0 aromatic carbocycles. The van der Waals surface area contributed by atoms with Crippen LogP contribution in [-0.2, 0) is 9.59 Å². The Balaban J connectivity index is 4.64. The summed E-state index contributed by atoms with van der Waals surface area (Å²) >= 11 is 0. The van der Waals surface area contributed by atoms with E-state index in [1.807, 2.05) is 12.2 Å². The molecule has 0 aliphatic rings. The largest absolute Gasteiger partial charge is 0.548 e. The summed E-state index contributed by atoms with van der Waals surface area (Å²) in [5.41, 5.74) is 0. The number of carbonyl (C=O) groups is 2. The number of nitrogens with one attached hydrogen (secondary N) is 1. The molecule has 0 saturated carbocycles. The Labute approximate surface area is 121 Å². The van der Waals surface area contributed by atoms with Crippen molar-refractivity contribution in [2.45, 2.75) is 56.6 Å². The highest BCUT2D eigenvalue weighted by molar-refractivity contribution is 5.86. The first-order chi connectivity index (χ1) is 9.76. The highest BCUT2D eigenvalue weighted by Gasteiger charge is 2.34. The lowest BCUT2D eigenvalue weighted by atomic mass is 10.0. The highest BCUT2D eigenvalue weighted by atomic mass is 16.4. The van der Waals surface area contributed by atoms with Crippen molar-refractivity contribution in [1.82, 2.24) is 5.32 Å². The van der Waals surface area contributed by atoms with Gasteiger partial charge in [0.25, 0.3) is 5.91 Å². The van der Waals surface area contributed by atoms with Gasteiger partial charge in [-0.15, -0.1) is 0 Å². The Morgan fingerprint density at radius 1 is 1.14 bits per heavy atom. The zero-order valence-corrected chi connectivity index (χ0v) is 11.7. The second-order valence-corrected chi connectivity index (χ2v) is 4.70. The van der Waals surface area contributed by atoms with E-state index in [0.717, 1.165) is 0 Å². The van der Waals surface area contributed by atoms with Gasteiger partial charge in [0.05, 0.1) is 18.6 Å². The van der Waals surface area contributed by atoms with Crippen LogP contribution in [0.2, 0.25) is 0 Å². The number of unbranched alkanes of at least 4 members (excludes halogenated alkanes) is 1. The molecule has 0 spiro atoms.